The number of allylic oxidation sites excluding steroid dienone is 1. The van der Waals surface area contributed by atoms with E-state index in [0.717, 1.165) is 22.2 Å². The van der Waals surface area contributed by atoms with Crippen molar-refractivity contribution in [1.82, 2.24) is 34.5 Å². The van der Waals surface area contributed by atoms with Crippen LogP contribution in [-0.2, 0) is 0 Å². The minimum atomic E-state index is -0.473. The molecule has 0 radical (unpaired) electrons. The van der Waals surface area contributed by atoms with Crippen LogP contribution < -0.4 is 20.7 Å². The number of carbonyl (C=O) groups is 1. The SMILES string of the molecule is CC1=CC(Nc2ncnc3ccc(NC(=O)Nc4nc(C)co4)cc23)CC=C1Oc1cc2nncn2cn1. The fourth-order valence-corrected chi connectivity index (χ4v) is 4.04. The second-order valence-electron chi connectivity index (χ2n) is 8.66. The van der Waals surface area contributed by atoms with Gasteiger partial charge in [-0.15, -0.1) is 10.2 Å². The second-order valence-corrected chi connectivity index (χ2v) is 8.66. The van der Waals surface area contributed by atoms with Gasteiger partial charge in [-0.25, -0.2) is 19.7 Å². The van der Waals surface area contributed by atoms with E-state index in [-0.39, 0.29) is 12.1 Å². The van der Waals surface area contributed by atoms with E-state index >= 15 is 0 Å². The Morgan fingerprint density at radius 3 is 2.89 bits per heavy atom. The molecule has 6 rings (SSSR count). The Morgan fingerprint density at radius 2 is 2.05 bits per heavy atom. The second kappa shape index (κ2) is 9.61. The van der Waals surface area contributed by atoms with Crippen molar-refractivity contribution >= 4 is 40.1 Å². The molecule has 4 aromatic heterocycles. The fraction of sp³-hybridized carbons (Fsp3) is 0.160. The van der Waals surface area contributed by atoms with Crippen LogP contribution in [0.25, 0.3) is 16.6 Å². The number of amides is 2. The lowest BCUT2D eigenvalue weighted by atomic mass is 10.0. The van der Waals surface area contributed by atoms with Crippen LogP contribution in [0.1, 0.15) is 19.0 Å². The number of hydrogen-bond donors (Lipinski definition) is 3. The van der Waals surface area contributed by atoms with Gasteiger partial charge >= 0.3 is 12.0 Å². The number of nitrogens with one attached hydrogen (secondary N) is 3. The number of rotatable bonds is 6. The first-order valence-electron chi connectivity index (χ1n) is 11.7. The molecule has 1 aliphatic carbocycles. The molecule has 5 aromatic rings. The van der Waals surface area contributed by atoms with Gasteiger partial charge in [0.15, 0.2) is 5.65 Å². The Hall–Kier alpha value is -5.33. The summed E-state index contributed by atoms with van der Waals surface area (Å²) in [7, 11) is 0. The van der Waals surface area contributed by atoms with Crippen LogP contribution in [0.2, 0.25) is 0 Å². The van der Waals surface area contributed by atoms with Gasteiger partial charge in [0.2, 0.25) is 5.88 Å². The van der Waals surface area contributed by atoms with Crippen LogP contribution in [0.3, 0.4) is 0 Å². The number of aryl methyl sites for hydroxylation is 1. The average molecular weight is 511 g/mol. The van der Waals surface area contributed by atoms with Gasteiger partial charge in [-0.2, -0.15) is 4.98 Å². The molecule has 0 bridgehead atoms. The number of anilines is 3. The highest BCUT2D eigenvalue weighted by Gasteiger charge is 2.17. The van der Waals surface area contributed by atoms with Crippen molar-refractivity contribution in [3.05, 3.63) is 78.7 Å². The lowest BCUT2D eigenvalue weighted by Gasteiger charge is -2.22. The average Bonchev–Trinajstić information content (AvgIpc) is 3.54. The number of aromatic nitrogens is 7. The number of carbonyl (C=O) groups excluding carboxylic acids is 1. The van der Waals surface area contributed by atoms with Crippen molar-refractivity contribution in [2.45, 2.75) is 26.3 Å². The van der Waals surface area contributed by atoms with Crippen LogP contribution in [-0.4, -0.2) is 46.6 Å². The zero-order valence-electron chi connectivity index (χ0n) is 20.4. The zero-order chi connectivity index (χ0) is 26.1. The molecule has 3 N–H and O–H groups in total. The van der Waals surface area contributed by atoms with Gasteiger partial charge < -0.3 is 19.8 Å². The van der Waals surface area contributed by atoms with Crippen molar-refractivity contribution in [3.8, 4) is 5.88 Å². The number of hydrogen-bond acceptors (Lipinski definition) is 10. The number of benzene rings is 1. The molecule has 0 saturated heterocycles. The molecule has 1 atom stereocenters. The molecular weight excluding hydrogens is 488 g/mol. The first-order chi connectivity index (χ1) is 18.5. The lowest BCUT2D eigenvalue weighted by Crippen LogP contribution is -2.21. The van der Waals surface area contributed by atoms with Gasteiger partial charge in [-0.1, -0.05) is 6.08 Å². The maximum Gasteiger partial charge on any atom is 0.327 e. The summed E-state index contributed by atoms with van der Waals surface area (Å²) in [6.07, 6.45) is 10.9. The predicted molar refractivity (Wildman–Crippen MR) is 139 cm³/mol. The summed E-state index contributed by atoms with van der Waals surface area (Å²) < 4.78 is 12.9. The quantitative estimate of drug-likeness (QED) is 0.304. The van der Waals surface area contributed by atoms with Crippen molar-refractivity contribution in [1.29, 1.82) is 0 Å². The summed E-state index contributed by atoms with van der Waals surface area (Å²) in [5.74, 6) is 1.82. The normalized spacial score (nSPS) is 15.2. The van der Waals surface area contributed by atoms with Crippen LogP contribution in [0, 0.1) is 6.92 Å². The van der Waals surface area contributed by atoms with E-state index in [1.807, 2.05) is 25.1 Å². The maximum absolute atomic E-state index is 12.4. The summed E-state index contributed by atoms with van der Waals surface area (Å²) in [6.45, 7) is 3.75. The molecule has 0 saturated carbocycles. The van der Waals surface area contributed by atoms with Crippen LogP contribution in [0.15, 0.2) is 77.4 Å². The minimum Gasteiger partial charge on any atom is -0.439 e. The smallest absolute Gasteiger partial charge is 0.327 e. The molecular formula is C25H22N10O3. The molecule has 13 heteroatoms. The third-order valence-corrected chi connectivity index (χ3v) is 5.83. The number of urea groups is 1. The van der Waals surface area contributed by atoms with E-state index in [0.29, 0.717) is 35.1 Å². The van der Waals surface area contributed by atoms with Crippen molar-refractivity contribution in [2.75, 3.05) is 16.0 Å². The van der Waals surface area contributed by atoms with E-state index in [1.54, 1.807) is 36.1 Å². The Bertz CT molecular complexity index is 1720. The topological polar surface area (TPSA) is 157 Å². The monoisotopic (exact) mass is 510 g/mol. The van der Waals surface area contributed by atoms with Crippen LogP contribution in [0.4, 0.5) is 22.3 Å². The molecule has 190 valence electrons. The molecule has 0 spiro atoms. The summed E-state index contributed by atoms with van der Waals surface area (Å²) in [4.78, 5) is 29.5. The molecule has 1 unspecified atom stereocenters. The van der Waals surface area contributed by atoms with Crippen LogP contribution >= 0.6 is 0 Å². The van der Waals surface area contributed by atoms with E-state index in [4.69, 9.17) is 9.15 Å². The highest BCUT2D eigenvalue weighted by Crippen LogP contribution is 2.27. The molecule has 38 heavy (non-hydrogen) atoms. The van der Waals surface area contributed by atoms with Crippen molar-refractivity contribution in [2.24, 2.45) is 0 Å². The molecule has 4 heterocycles. The number of fused-ring (bicyclic) bond motifs is 2. The molecule has 1 aromatic carbocycles. The third-order valence-electron chi connectivity index (χ3n) is 5.83. The molecule has 2 amide bonds. The molecule has 0 fully saturated rings. The Morgan fingerprint density at radius 1 is 1.13 bits per heavy atom. The van der Waals surface area contributed by atoms with Crippen molar-refractivity contribution in [3.63, 3.8) is 0 Å². The molecule has 0 aliphatic heterocycles. The van der Waals surface area contributed by atoms with Crippen LogP contribution in [0.5, 0.6) is 5.88 Å². The number of nitrogens with zero attached hydrogens (tertiary/aromatic N) is 7. The Balaban J connectivity index is 1.15. The van der Waals surface area contributed by atoms with Gasteiger partial charge in [-0.3, -0.25) is 9.72 Å². The fourth-order valence-electron chi connectivity index (χ4n) is 4.04. The number of ether oxygens (including phenoxy) is 1. The van der Waals surface area contributed by atoms with Gasteiger partial charge in [-0.05, 0) is 50.1 Å². The minimum absolute atomic E-state index is 0.0273. The number of oxazole rings is 1. The summed E-state index contributed by atoms with van der Waals surface area (Å²) in [5, 5.41) is 17.4. The summed E-state index contributed by atoms with van der Waals surface area (Å²) in [5.41, 5.74) is 3.59. The van der Waals surface area contributed by atoms with E-state index in [9.17, 15) is 4.79 Å². The predicted octanol–water partition coefficient (Wildman–Crippen LogP) is 4.10. The van der Waals surface area contributed by atoms with E-state index in [2.05, 4.69) is 52.2 Å². The van der Waals surface area contributed by atoms with Gasteiger partial charge in [0.05, 0.1) is 17.3 Å². The lowest BCUT2D eigenvalue weighted by molar-refractivity contribution is 0.261. The first-order valence-corrected chi connectivity index (χ1v) is 11.7. The summed E-state index contributed by atoms with van der Waals surface area (Å²) >= 11 is 0. The van der Waals surface area contributed by atoms with Gasteiger partial charge in [0, 0.05) is 17.1 Å². The highest BCUT2D eigenvalue weighted by atomic mass is 16.5. The molecule has 1 aliphatic rings. The largest absolute Gasteiger partial charge is 0.439 e. The zero-order valence-corrected chi connectivity index (χ0v) is 20.4. The van der Waals surface area contributed by atoms with Gasteiger partial charge in [0.1, 0.15) is 36.8 Å². The standard InChI is InChI=1S/C25H22N10O3/c1-14-7-16(4-6-20(14)38-22-9-21-34-29-13-35(21)12-28-22)31-23-18-8-17(3-5-19(18)26-11-27-23)32-24(36)33-25-30-15(2)10-37-25/h3,5-13,16H,4H2,1-2H3,(H,26,27,31)(H2,30,32,33,36). The van der Waals surface area contributed by atoms with E-state index < -0.39 is 6.03 Å². The highest BCUT2D eigenvalue weighted by molar-refractivity contribution is 6.01. The maximum atomic E-state index is 12.4. The van der Waals surface area contributed by atoms with Gasteiger partial charge in [0.25, 0.3) is 0 Å². The first kappa shape index (κ1) is 23.1. The third kappa shape index (κ3) is 4.84. The Kier molecular flexibility index (Phi) is 5.84. The van der Waals surface area contributed by atoms with Crippen molar-refractivity contribution < 1.29 is 13.9 Å². The van der Waals surface area contributed by atoms with E-state index in [1.165, 1.54) is 12.6 Å². The summed E-state index contributed by atoms with van der Waals surface area (Å²) in [6, 6.07) is 6.75. The molecule has 13 nitrogen and oxygen atoms in total. The Labute approximate surface area is 215 Å².